The van der Waals surface area contributed by atoms with Crippen LogP contribution >= 0.6 is 0 Å². The molecular weight excluding hydrogens is 300 g/mol. The molecule has 0 spiro atoms. The Kier molecular flexibility index (Phi) is 5.96. The molecule has 0 saturated heterocycles. The molecule has 4 nitrogen and oxygen atoms in total. The molecule has 4 heteroatoms. The Morgan fingerprint density at radius 1 is 1.00 bits per heavy atom. The van der Waals surface area contributed by atoms with Crippen LogP contribution in [0, 0.1) is 0 Å². The van der Waals surface area contributed by atoms with Crippen LogP contribution in [0.25, 0.3) is 0 Å². The molecule has 2 rings (SSSR count). The zero-order valence-electron chi connectivity index (χ0n) is 15.0. The van der Waals surface area contributed by atoms with Crippen molar-refractivity contribution >= 4 is 11.6 Å². The fourth-order valence-corrected chi connectivity index (χ4v) is 2.59. The largest absolute Gasteiger partial charge is 0.479 e. The minimum atomic E-state index is -0.602. The highest BCUT2D eigenvalue weighted by molar-refractivity contribution is 5.95. The number of anilines is 1. The molecule has 0 bridgehead atoms. The first kappa shape index (κ1) is 18.0. The topological polar surface area (TPSA) is 51.2 Å². The maximum atomic E-state index is 12.6. The Labute approximate surface area is 144 Å². The van der Waals surface area contributed by atoms with Crippen LogP contribution in [0.2, 0.25) is 0 Å². The van der Waals surface area contributed by atoms with Crippen LogP contribution in [-0.4, -0.2) is 17.0 Å². The number of para-hydroxylation sites is 1. The lowest BCUT2D eigenvalue weighted by Crippen LogP contribution is -2.31. The second-order valence-corrected chi connectivity index (χ2v) is 6.56. The number of benzene rings is 1. The normalized spacial score (nSPS) is 12.3. The fourth-order valence-electron chi connectivity index (χ4n) is 2.59. The Hall–Kier alpha value is -2.36. The minimum absolute atomic E-state index is 0.158. The van der Waals surface area contributed by atoms with Gasteiger partial charge in [-0.3, -0.25) is 9.78 Å². The summed E-state index contributed by atoms with van der Waals surface area (Å²) in [5.41, 5.74) is 3.19. The number of nitrogens with one attached hydrogen (secondary N) is 1. The summed E-state index contributed by atoms with van der Waals surface area (Å²) >= 11 is 0. The van der Waals surface area contributed by atoms with E-state index in [9.17, 15) is 4.79 Å². The third-order valence-electron chi connectivity index (χ3n) is 3.94. The molecule has 1 atom stereocenters. The summed E-state index contributed by atoms with van der Waals surface area (Å²) in [4.78, 5) is 16.6. The van der Waals surface area contributed by atoms with Gasteiger partial charge >= 0.3 is 0 Å². The van der Waals surface area contributed by atoms with Crippen LogP contribution in [0.15, 0.2) is 42.7 Å². The molecule has 2 aromatic rings. The zero-order valence-corrected chi connectivity index (χ0v) is 15.0. The molecule has 0 saturated carbocycles. The van der Waals surface area contributed by atoms with E-state index in [1.807, 2.05) is 0 Å². The molecule has 1 N–H and O–H groups in total. The van der Waals surface area contributed by atoms with Gasteiger partial charge in [0.25, 0.3) is 5.91 Å². The molecule has 1 amide bonds. The summed E-state index contributed by atoms with van der Waals surface area (Å²) in [7, 11) is 0. The Morgan fingerprint density at radius 2 is 1.62 bits per heavy atom. The maximum absolute atomic E-state index is 12.6. The fraction of sp³-hybridized carbons (Fsp3) is 0.400. The van der Waals surface area contributed by atoms with E-state index in [0.29, 0.717) is 17.6 Å². The standard InChI is InChI=1S/C20H26N2O2/c1-13(2)17-9-6-10-18(14(3)4)19(17)22-20(23)15(5)24-16-8-7-11-21-12-16/h6-15H,1-5H3,(H,22,23). The number of nitrogens with zero attached hydrogens (tertiary/aromatic N) is 1. The lowest BCUT2D eigenvalue weighted by atomic mass is 9.92. The number of rotatable bonds is 6. The first-order chi connectivity index (χ1) is 11.4. The monoisotopic (exact) mass is 326 g/mol. The molecular formula is C20H26N2O2. The van der Waals surface area contributed by atoms with Crippen molar-refractivity contribution in [3.8, 4) is 5.75 Å². The van der Waals surface area contributed by atoms with E-state index in [2.05, 4.69) is 56.2 Å². The highest BCUT2D eigenvalue weighted by atomic mass is 16.5. The quantitative estimate of drug-likeness (QED) is 0.834. The number of hydrogen-bond acceptors (Lipinski definition) is 3. The summed E-state index contributed by atoms with van der Waals surface area (Å²) < 4.78 is 5.67. The van der Waals surface area contributed by atoms with Gasteiger partial charge in [-0.2, -0.15) is 0 Å². The summed E-state index contributed by atoms with van der Waals surface area (Å²) in [6, 6.07) is 9.76. The van der Waals surface area contributed by atoms with Gasteiger partial charge in [-0.25, -0.2) is 0 Å². The molecule has 0 fully saturated rings. The van der Waals surface area contributed by atoms with Gasteiger partial charge in [-0.1, -0.05) is 45.9 Å². The second kappa shape index (κ2) is 7.95. The smallest absolute Gasteiger partial charge is 0.265 e. The van der Waals surface area contributed by atoms with Crippen LogP contribution in [0.1, 0.15) is 57.6 Å². The van der Waals surface area contributed by atoms with Crippen LogP contribution in [0.5, 0.6) is 5.75 Å². The van der Waals surface area contributed by atoms with Crippen molar-refractivity contribution in [2.45, 2.75) is 52.6 Å². The van der Waals surface area contributed by atoms with Crippen LogP contribution in [-0.2, 0) is 4.79 Å². The van der Waals surface area contributed by atoms with Crippen molar-refractivity contribution < 1.29 is 9.53 Å². The number of amides is 1. The molecule has 1 unspecified atom stereocenters. The number of carbonyl (C=O) groups is 1. The van der Waals surface area contributed by atoms with E-state index in [4.69, 9.17) is 4.74 Å². The van der Waals surface area contributed by atoms with Gasteiger partial charge in [-0.15, -0.1) is 0 Å². The van der Waals surface area contributed by atoms with Crippen molar-refractivity contribution in [2.75, 3.05) is 5.32 Å². The third-order valence-corrected chi connectivity index (χ3v) is 3.94. The number of aromatic nitrogens is 1. The van der Waals surface area contributed by atoms with Gasteiger partial charge in [-0.05, 0) is 42.0 Å². The molecule has 0 aliphatic carbocycles. The molecule has 24 heavy (non-hydrogen) atoms. The number of ether oxygens (including phenoxy) is 1. The average molecular weight is 326 g/mol. The predicted molar refractivity (Wildman–Crippen MR) is 97.6 cm³/mol. The van der Waals surface area contributed by atoms with E-state index < -0.39 is 6.10 Å². The van der Waals surface area contributed by atoms with Gasteiger partial charge in [0.1, 0.15) is 5.75 Å². The van der Waals surface area contributed by atoms with Gasteiger partial charge in [0.2, 0.25) is 0 Å². The summed E-state index contributed by atoms with van der Waals surface area (Å²) in [5, 5.41) is 3.08. The highest BCUT2D eigenvalue weighted by Gasteiger charge is 2.20. The lowest BCUT2D eigenvalue weighted by molar-refractivity contribution is -0.122. The second-order valence-electron chi connectivity index (χ2n) is 6.56. The Morgan fingerprint density at radius 3 is 2.12 bits per heavy atom. The molecule has 0 aliphatic heterocycles. The molecule has 128 valence electrons. The van der Waals surface area contributed by atoms with Gasteiger partial charge in [0.05, 0.1) is 6.20 Å². The number of pyridine rings is 1. The number of hydrogen-bond donors (Lipinski definition) is 1. The molecule has 1 aromatic carbocycles. The molecule has 1 heterocycles. The van der Waals surface area contributed by atoms with Crippen molar-refractivity contribution in [3.05, 3.63) is 53.9 Å². The van der Waals surface area contributed by atoms with E-state index >= 15 is 0 Å². The summed E-state index contributed by atoms with van der Waals surface area (Å²) in [6.45, 7) is 10.3. The van der Waals surface area contributed by atoms with E-state index in [0.717, 1.165) is 16.8 Å². The van der Waals surface area contributed by atoms with E-state index in [1.54, 1.807) is 31.5 Å². The Balaban J connectivity index is 2.21. The minimum Gasteiger partial charge on any atom is -0.479 e. The highest BCUT2D eigenvalue weighted by Crippen LogP contribution is 2.32. The van der Waals surface area contributed by atoms with Crippen molar-refractivity contribution in [1.29, 1.82) is 0 Å². The first-order valence-corrected chi connectivity index (χ1v) is 8.40. The van der Waals surface area contributed by atoms with Gasteiger partial charge in [0, 0.05) is 11.9 Å². The van der Waals surface area contributed by atoms with Gasteiger partial charge < -0.3 is 10.1 Å². The van der Waals surface area contributed by atoms with Crippen molar-refractivity contribution in [3.63, 3.8) is 0 Å². The van der Waals surface area contributed by atoms with Crippen LogP contribution in [0.4, 0.5) is 5.69 Å². The predicted octanol–water partition coefficient (Wildman–Crippen LogP) is 4.73. The summed E-state index contributed by atoms with van der Waals surface area (Å²) in [5.74, 6) is 1.08. The lowest BCUT2D eigenvalue weighted by Gasteiger charge is -2.22. The zero-order chi connectivity index (χ0) is 17.7. The third kappa shape index (κ3) is 4.34. The molecule has 0 aliphatic rings. The SMILES string of the molecule is CC(Oc1cccnc1)C(=O)Nc1c(C(C)C)cccc1C(C)C. The van der Waals surface area contributed by atoms with Crippen LogP contribution in [0.3, 0.4) is 0 Å². The van der Waals surface area contributed by atoms with E-state index in [1.165, 1.54) is 0 Å². The average Bonchev–Trinajstić information content (AvgIpc) is 2.55. The Bertz CT molecular complexity index is 655. The summed E-state index contributed by atoms with van der Waals surface area (Å²) in [6.07, 6.45) is 2.67. The van der Waals surface area contributed by atoms with Crippen molar-refractivity contribution in [2.24, 2.45) is 0 Å². The maximum Gasteiger partial charge on any atom is 0.265 e. The van der Waals surface area contributed by atoms with Crippen LogP contribution < -0.4 is 10.1 Å². The molecule has 1 aromatic heterocycles. The number of carbonyl (C=O) groups excluding carboxylic acids is 1. The first-order valence-electron chi connectivity index (χ1n) is 8.40. The van der Waals surface area contributed by atoms with Gasteiger partial charge in [0.15, 0.2) is 6.10 Å². The molecule has 0 radical (unpaired) electrons. The van der Waals surface area contributed by atoms with E-state index in [-0.39, 0.29) is 5.91 Å². The van der Waals surface area contributed by atoms with Crippen molar-refractivity contribution in [1.82, 2.24) is 4.98 Å².